The van der Waals surface area contributed by atoms with Gasteiger partial charge in [-0.05, 0) is 48.6 Å². The van der Waals surface area contributed by atoms with Crippen molar-refractivity contribution < 1.29 is 13.2 Å². The van der Waals surface area contributed by atoms with Crippen molar-refractivity contribution in [3.8, 4) is 0 Å². The predicted octanol–water partition coefficient (Wildman–Crippen LogP) is 3.98. The molecule has 0 heterocycles. The van der Waals surface area contributed by atoms with Crippen molar-refractivity contribution in [3.05, 3.63) is 29.8 Å². The van der Waals surface area contributed by atoms with Gasteiger partial charge < -0.3 is 11.1 Å². The van der Waals surface area contributed by atoms with Crippen LogP contribution in [0.1, 0.15) is 26.3 Å². The van der Waals surface area contributed by atoms with E-state index in [0.717, 1.165) is 18.7 Å². The molecule has 2 nitrogen and oxygen atoms in total. The van der Waals surface area contributed by atoms with Gasteiger partial charge in [0, 0.05) is 12.2 Å². The molecule has 20 heavy (non-hydrogen) atoms. The highest BCUT2D eigenvalue weighted by Crippen LogP contribution is 2.30. The molecule has 0 aliphatic rings. The molecule has 1 aromatic rings. The van der Waals surface area contributed by atoms with Gasteiger partial charge in [-0.25, -0.2) is 0 Å². The van der Waals surface area contributed by atoms with E-state index in [4.69, 9.17) is 5.73 Å². The molecular weight excluding hydrogens is 265 g/mol. The topological polar surface area (TPSA) is 38.0 Å². The van der Waals surface area contributed by atoms with E-state index in [0.29, 0.717) is 30.0 Å². The Morgan fingerprint density at radius 2 is 1.60 bits per heavy atom. The molecule has 1 aromatic carbocycles. The first-order valence-electron chi connectivity index (χ1n) is 6.87. The van der Waals surface area contributed by atoms with Crippen molar-refractivity contribution in [1.82, 2.24) is 0 Å². The van der Waals surface area contributed by atoms with E-state index in [9.17, 15) is 13.2 Å². The van der Waals surface area contributed by atoms with Crippen molar-refractivity contribution in [2.75, 3.05) is 18.4 Å². The van der Waals surface area contributed by atoms with Crippen LogP contribution in [0.15, 0.2) is 24.3 Å². The summed E-state index contributed by atoms with van der Waals surface area (Å²) in [7, 11) is 0. The fourth-order valence-corrected chi connectivity index (χ4v) is 2.02. The van der Waals surface area contributed by atoms with Crippen LogP contribution in [0.25, 0.3) is 0 Å². The van der Waals surface area contributed by atoms with E-state index >= 15 is 0 Å². The van der Waals surface area contributed by atoms with Crippen molar-refractivity contribution in [2.45, 2.75) is 26.9 Å². The van der Waals surface area contributed by atoms with Gasteiger partial charge in [-0.3, -0.25) is 0 Å². The van der Waals surface area contributed by atoms with Crippen LogP contribution in [0.4, 0.5) is 18.9 Å². The second-order valence-corrected chi connectivity index (χ2v) is 5.51. The van der Waals surface area contributed by atoms with Crippen LogP contribution in [-0.4, -0.2) is 13.1 Å². The molecule has 0 bridgehead atoms. The molecule has 1 rings (SSSR count). The van der Waals surface area contributed by atoms with Crippen molar-refractivity contribution in [3.63, 3.8) is 0 Å². The molecule has 0 radical (unpaired) electrons. The van der Waals surface area contributed by atoms with E-state index < -0.39 is 11.7 Å². The van der Waals surface area contributed by atoms with Gasteiger partial charge in [0.1, 0.15) is 0 Å². The molecule has 114 valence electrons. The Balaban J connectivity index is 2.54. The highest BCUT2D eigenvalue weighted by atomic mass is 19.4. The smallest absolute Gasteiger partial charge is 0.385 e. The summed E-state index contributed by atoms with van der Waals surface area (Å²) in [5.74, 6) is 1.29. The molecule has 3 N–H and O–H groups in total. The third kappa shape index (κ3) is 4.71. The Hall–Kier alpha value is -1.23. The van der Waals surface area contributed by atoms with Crippen molar-refractivity contribution >= 4 is 5.69 Å². The zero-order chi connectivity index (χ0) is 15.3. The summed E-state index contributed by atoms with van der Waals surface area (Å²) in [6, 6.07) is 5.12. The Morgan fingerprint density at radius 1 is 1.05 bits per heavy atom. The second kappa shape index (κ2) is 6.97. The maximum Gasteiger partial charge on any atom is 0.416 e. The minimum absolute atomic E-state index is 0.399. The number of alkyl halides is 3. The predicted molar refractivity (Wildman–Crippen MR) is 76.5 cm³/mol. The highest BCUT2D eigenvalue weighted by molar-refractivity contribution is 5.45. The number of halogens is 3. The monoisotopic (exact) mass is 288 g/mol. The fourth-order valence-electron chi connectivity index (χ4n) is 2.02. The van der Waals surface area contributed by atoms with Gasteiger partial charge in [-0.2, -0.15) is 13.2 Å². The molecule has 0 fully saturated rings. The average Bonchev–Trinajstić information content (AvgIpc) is 2.42. The largest absolute Gasteiger partial charge is 0.416 e. The van der Waals surface area contributed by atoms with E-state index in [1.54, 1.807) is 0 Å². The second-order valence-electron chi connectivity index (χ2n) is 5.51. The number of hydrogen-bond acceptors (Lipinski definition) is 2. The Labute approximate surface area is 118 Å². The zero-order valence-electron chi connectivity index (χ0n) is 12.2. The van der Waals surface area contributed by atoms with Crippen LogP contribution < -0.4 is 11.1 Å². The van der Waals surface area contributed by atoms with E-state index in [1.807, 2.05) is 0 Å². The molecule has 0 amide bonds. The third-order valence-electron chi connectivity index (χ3n) is 4.01. The van der Waals surface area contributed by atoms with E-state index in [1.165, 1.54) is 12.1 Å². The maximum absolute atomic E-state index is 12.4. The quantitative estimate of drug-likeness (QED) is 0.830. The van der Waals surface area contributed by atoms with Gasteiger partial charge in [0.2, 0.25) is 0 Å². The Kier molecular flexibility index (Phi) is 5.87. The molecule has 3 atom stereocenters. The average molecular weight is 288 g/mol. The first kappa shape index (κ1) is 16.8. The molecule has 0 saturated carbocycles. The standard InChI is InChI=1S/C15H23F3N2/c1-10(8-19)12(3)11(2)9-20-14-6-4-13(5-7-14)15(16,17)18/h4-7,10-12,20H,8-9,19H2,1-3H3. The molecule has 5 heteroatoms. The van der Waals surface area contributed by atoms with Gasteiger partial charge in [0.25, 0.3) is 0 Å². The summed E-state index contributed by atoms with van der Waals surface area (Å²) >= 11 is 0. The highest BCUT2D eigenvalue weighted by Gasteiger charge is 2.29. The van der Waals surface area contributed by atoms with Crippen molar-refractivity contribution in [1.29, 1.82) is 0 Å². The van der Waals surface area contributed by atoms with Crippen LogP contribution in [0.2, 0.25) is 0 Å². The lowest BCUT2D eigenvalue weighted by atomic mass is 9.85. The minimum atomic E-state index is -4.28. The lowest BCUT2D eigenvalue weighted by molar-refractivity contribution is -0.137. The van der Waals surface area contributed by atoms with Crippen LogP contribution in [-0.2, 0) is 6.18 Å². The van der Waals surface area contributed by atoms with Crippen LogP contribution >= 0.6 is 0 Å². The van der Waals surface area contributed by atoms with E-state index in [-0.39, 0.29) is 0 Å². The zero-order valence-corrected chi connectivity index (χ0v) is 12.2. The first-order chi connectivity index (χ1) is 9.25. The summed E-state index contributed by atoms with van der Waals surface area (Å²) in [4.78, 5) is 0. The molecule has 0 spiro atoms. The first-order valence-corrected chi connectivity index (χ1v) is 6.87. The van der Waals surface area contributed by atoms with Gasteiger partial charge in [-0.1, -0.05) is 20.8 Å². The summed E-state index contributed by atoms with van der Waals surface area (Å²) in [5, 5.41) is 3.17. The number of nitrogens with two attached hydrogens (primary N) is 1. The minimum Gasteiger partial charge on any atom is -0.385 e. The number of benzene rings is 1. The van der Waals surface area contributed by atoms with Gasteiger partial charge in [0.05, 0.1) is 5.56 Å². The van der Waals surface area contributed by atoms with Gasteiger partial charge in [-0.15, -0.1) is 0 Å². The van der Waals surface area contributed by atoms with Crippen molar-refractivity contribution in [2.24, 2.45) is 23.5 Å². The number of nitrogens with one attached hydrogen (secondary N) is 1. The summed E-state index contributed by atoms with van der Waals surface area (Å²) in [6.45, 7) is 7.74. The Morgan fingerprint density at radius 3 is 2.05 bits per heavy atom. The van der Waals surface area contributed by atoms with Gasteiger partial charge >= 0.3 is 6.18 Å². The van der Waals surface area contributed by atoms with E-state index in [2.05, 4.69) is 26.1 Å². The number of rotatable bonds is 6. The third-order valence-corrected chi connectivity index (χ3v) is 4.01. The number of anilines is 1. The summed E-state index contributed by atoms with van der Waals surface area (Å²) < 4.78 is 37.3. The molecule has 0 aliphatic carbocycles. The molecule has 3 unspecified atom stereocenters. The Bertz CT molecular complexity index is 401. The summed E-state index contributed by atoms with van der Waals surface area (Å²) in [5.41, 5.74) is 5.73. The lowest BCUT2D eigenvalue weighted by Crippen LogP contribution is -2.27. The molecule has 0 aliphatic heterocycles. The fraction of sp³-hybridized carbons (Fsp3) is 0.600. The van der Waals surface area contributed by atoms with Crippen LogP contribution in [0.3, 0.4) is 0 Å². The lowest BCUT2D eigenvalue weighted by Gasteiger charge is -2.25. The van der Waals surface area contributed by atoms with Crippen LogP contribution in [0, 0.1) is 17.8 Å². The van der Waals surface area contributed by atoms with Gasteiger partial charge in [0.15, 0.2) is 0 Å². The maximum atomic E-state index is 12.4. The molecule has 0 saturated heterocycles. The van der Waals surface area contributed by atoms with Crippen LogP contribution in [0.5, 0.6) is 0 Å². The molecule has 0 aromatic heterocycles. The number of hydrogen-bond donors (Lipinski definition) is 2. The molecular formula is C15H23F3N2. The SMILES string of the molecule is CC(CN)C(C)C(C)CNc1ccc(C(F)(F)F)cc1. The normalized spacial score (nSPS) is 16.6. The summed E-state index contributed by atoms with van der Waals surface area (Å²) in [6.07, 6.45) is -4.28.